The SMILES string of the molecule is CCO[Si](CC[Si](CC[Si](OCC)(OCC)OCC)(CC[Si](OCC)(OCC)OCC)C[Si](CC[Si](OCC)(OCC)OCC)(CC[Si](OCC)(OCC)OCC)CC[Si](OCC)(OCC)OCC)(OC)OCC. The molecule has 0 aliphatic rings. The Morgan fingerprint density at radius 2 is 0.297 bits per heavy atom. The molecule has 0 aliphatic carbocycles. The van der Waals surface area contributed by atoms with Crippen molar-refractivity contribution in [2.45, 2.75) is 196 Å². The van der Waals surface area contributed by atoms with E-state index in [-0.39, 0.29) is 0 Å². The fourth-order valence-electron chi connectivity index (χ4n) is 10.4. The van der Waals surface area contributed by atoms with Gasteiger partial charge in [-0.25, -0.2) is 0 Å². The van der Waals surface area contributed by atoms with Crippen molar-refractivity contribution in [2.24, 2.45) is 0 Å². The summed E-state index contributed by atoms with van der Waals surface area (Å²) in [6.07, 6.45) is 0. The minimum Gasteiger partial charge on any atom is -0.377 e. The van der Waals surface area contributed by atoms with Crippen LogP contribution in [0.25, 0.3) is 0 Å². The third-order valence-corrected chi connectivity index (χ3v) is 48.1. The topological polar surface area (TPSA) is 166 Å². The number of hydrogen-bond acceptors (Lipinski definition) is 18. The van der Waals surface area contributed by atoms with Crippen LogP contribution in [0.3, 0.4) is 0 Å². The second-order valence-electron chi connectivity index (χ2n) is 17.8. The molecule has 0 spiro atoms. The Kier molecular flexibility index (Phi) is 42.5. The Labute approximate surface area is 461 Å². The molecule has 0 unspecified atom stereocenters. The van der Waals surface area contributed by atoms with Crippen LogP contribution in [0, 0.1) is 0 Å². The lowest BCUT2D eigenvalue weighted by molar-refractivity contribution is 0.0709. The molecule has 0 rings (SSSR count). The summed E-state index contributed by atoms with van der Waals surface area (Å²) in [5.74, 6) is 0. The van der Waals surface area contributed by atoms with Crippen LogP contribution in [-0.2, 0) is 79.7 Å². The summed E-state index contributed by atoms with van der Waals surface area (Å²) in [6, 6.07) is 8.79. The molecule has 26 heteroatoms. The first kappa shape index (κ1) is 75.0. The molecule has 18 nitrogen and oxygen atoms in total. The third kappa shape index (κ3) is 26.3. The van der Waals surface area contributed by atoms with Crippen molar-refractivity contribution in [3.63, 3.8) is 0 Å². The van der Waals surface area contributed by atoms with Gasteiger partial charge in [0.1, 0.15) is 0 Å². The van der Waals surface area contributed by atoms with Crippen LogP contribution in [0.5, 0.6) is 0 Å². The van der Waals surface area contributed by atoms with E-state index in [1.54, 1.807) is 7.11 Å². The Hall–Kier alpha value is 1.02. The summed E-state index contributed by atoms with van der Waals surface area (Å²) < 4.78 is 121. The standard InChI is InChI=1S/C48H114O18Si8/c1-19-50-69(49-18,51-20-2)42-36-67(37-43-70(52-21-3,53-22-4)54-23-5,38-44-71(55-24-6,56-25-7)57-26-8)48-68(39-45-72(58-27-9,59-28-10)60-29-11,40-46-73(61-30-12,62-31-13)63-32-14)41-47-74(64-33-15,65-34-16)66-35-17/h19-48H2,1-18H3. The molecule has 0 aromatic rings. The highest BCUT2D eigenvalue weighted by Gasteiger charge is 2.56. The van der Waals surface area contributed by atoms with E-state index in [9.17, 15) is 0 Å². The number of rotatable bonds is 55. The molecule has 446 valence electrons. The second-order valence-corrected chi connectivity index (χ2v) is 44.8. The molecule has 0 radical (unpaired) electrons. The third-order valence-electron chi connectivity index (χ3n) is 13.0. The maximum absolute atomic E-state index is 6.73. The second kappa shape index (κ2) is 41.9. The van der Waals surface area contributed by atoms with E-state index in [4.69, 9.17) is 79.7 Å². The Bertz CT molecular complexity index is 1150. The first-order valence-electron chi connectivity index (χ1n) is 29.0. The minimum atomic E-state index is -3.23. The normalized spacial score (nSPS) is 13.7. The van der Waals surface area contributed by atoms with Crippen molar-refractivity contribution in [2.75, 3.05) is 119 Å². The van der Waals surface area contributed by atoms with E-state index in [0.29, 0.717) is 149 Å². The molecule has 0 N–H and O–H groups in total. The molecule has 0 fully saturated rings. The first-order chi connectivity index (χ1) is 35.5. The van der Waals surface area contributed by atoms with Gasteiger partial charge in [0, 0.05) is 156 Å². The number of hydrogen-bond donors (Lipinski definition) is 0. The summed E-state index contributed by atoms with van der Waals surface area (Å²) in [6.45, 7) is 42.5. The van der Waals surface area contributed by atoms with Crippen molar-refractivity contribution >= 4 is 69.0 Å². The summed E-state index contributed by atoms with van der Waals surface area (Å²) in [7, 11) is -23.3. The van der Waals surface area contributed by atoms with E-state index in [0.717, 1.165) is 41.9 Å². The van der Waals surface area contributed by atoms with Crippen LogP contribution in [0.15, 0.2) is 0 Å². The fraction of sp³-hybridized carbons (Fsp3) is 1.00. The zero-order valence-corrected chi connectivity index (χ0v) is 58.6. The molecule has 0 aromatic carbocycles. The van der Waals surface area contributed by atoms with E-state index in [2.05, 4.69) is 0 Å². The van der Waals surface area contributed by atoms with Gasteiger partial charge in [0.15, 0.2) is 0 Å². The first-order valence-corrected chi connectivity index (χ1v) is 46.2. The predicted octanol–water partition coefficient (Wildman–Crippen LogP) is 11.3. The summed E-state index contributed by atoms with van der Waals surface area (Å²) in [5, 5.41) is 0. The van der Waals surface area contributed by atoms with Crippen molar-refractivity contribution in [1.82, 2.24) is 0 Å². The Morgan fingerprint density at radius 3 is 0.419 bits per heavy atom. The molecule has 0 aromatic heterocycles. The molecule has 74 heavy (non-hydrogen) atoms. The molecule has 0 aliphatic heterocycles. The molecule has 0 bridgehead atoms. The van der Waals surface area contributed by atoms with Gasteiger partial charge in [-0.05, 0) is 118 Å². The average molecular weight is 1200 g/mol. The van der Waals surface area contributed by atoms with Gasteiger partial charge in [0.2, 0.25) is 0 Å². The van der Waals surface area contributed by atoms with Crippen LogP contribution < -0.4 is 0 Å². The van der Waals surface area contributed by atoms with Crippen molar-refractivity contribution in [1.29, 1.82) is 0 Å². The highest BCUT2D eigenvalue weighted by atomic mass is 28.4. The van der Waals surface area contributed by atoms with Gasteiger partial charge in [-0.2, -0.15) is 0 Å². The highest BCUT2D eigenvalue weighted by Crippen LogP contribution is 2.47. The Balaban J connectivity index is 9.50. The van der Waals surface area contributed by atoms with E-state index in [1.165, 1.54) is 0 Å². The van der Waals surface area contributed by atoms with Gasteiger partial charge in [-0.1, -0.05) is 41.9 Å². The minimum absolute atomic E-state index is 0.467. The van der Waals surface area contributed by atoms with Crippen molar-refractivity contribution in [3.05, 3.63) is 0 Å². The predicted molar refractivity (Wildman–Crippen MR) is 313 cm³/mol. The average Bonchev–Trinajstić information content (AvgIpc) is 3.36. The van der Waals surface area contributed by atoms with Gasteiger partial charge >= 0.3 is 52.8 Å². The van der Waals surface area contributed by atoms with Gasteiger partial charge in [0.05, 0.1) is 16.1 Å². The fourth-order valence-corrected chi connectivity index (χ4v) is 54.3. The largest absolute Gasteiger partial charge is 0.500 e. The molecule has 0 atom stereocenters. The summed E-state index contributed by atoms with van der Waals surface area (Å²) in [4.78, 5) is 0. The summed E-state index contributed by atoms with van der Waals surface area (Å²) in [5.41, 5.74) is 0.953. The van der Waals surface area contributed by atoms with Gasteiger partial charge < -0.3 is 79.7 Å². The molecular formula is C48H114O18Si8. The molecule has 0 amide bonds. The zero-order valence-electron chi connectivity index (χ0n) is 50.6. The van der Waals surface area contributed by atoms with E-state index in [1.807, 2.05) is 118 Å². The smallest absolute Gasteiger partial charge is 0.377 e. The van der Waals surface area contributed by atoms with Crippen molar-refractivity contribution < 1.29 is 79.7 Å². The maximum atomic E-state index is 6.73. The van der Waals surface area contributed by atoms with Crippen LogP contribution in [0.2, 0.25) is 78.2 Å². The van der Waals surface area contributed by atoms with Crippen LogP contribution in [0.4, 0.5) is 0 Å². The molecule has 0 saturated heterocycles. The van der Waals surface area contributed by atoms with Gasteiger partial charge in [-0.3, -0.25) is 0 Å². The van der Waals surface area contributed by atoms with Crippen LogP contribution in [0.1, 0.15) is 118 Å². The van der Waals surface area contributed by atoms with Crippen LogP contribution >= 0.6 is 0 Å². The van der Waals surface area contributed by atoms with Crippen molar-refractivity contribution in [3.8, 4) is 0 Å². The lowest BCUT2D eigenvalue weighted by Crippen LogP contribution is -2.57. The maximum Gasteiger partial charge on any atom is 0.500 e. The zero-order chi connectivity index (χ0) is 55.9. The lowest BCUT2D eigenvalue weighted by atomic mass is 10.9. The van der Waals surface area contributed by atoms with E-state index < -0.39 is 69.0 Å². The molecule has 0 saturated carbocycles. The quantitative estimate of drug-likeness (QED) is 0.0527. The summed E-state index contributed by atoms with van der Waals surface area (Å²) >= 11 is 0. The van der Waals surface area contributed by atoms with Gasteiger partial charge in [-0.15, -0.1) is 0 Å². The van der Waals surface area contributed by atoms with Crippen LogP contribution in [-0.4, -0.2) is 188 Å². The monoisotopic (exact) mass is 1200 g/mol. The highest BCUT2D eigenvalue weighted by molar-refractivity contribution is 6.99. The van der Waals surface area contributed by atoms with E-state index >= 15 is 0 Å². The molecular weight excluding hydrogens is 1090 g/mol. The van der Waals surface area contributed by atoms with Gasteiger partial charge in [0.25, 0.3) is 0 Å². The Morgan fingerprint density at radius 1 is 0.176 bits per heavy atom. The molecule has 0 heterocycles. The lowest BCUT2D eigenvalue weighted by Gasteiger charge is -2.46.